The van der Waals surface area contributed by atoms with Gasteiger partial charge in [0.25, 0.3) is 0 Å². The molecule has 0 aliphatic heterocycles. The molecule has 1 aromatic carbocycles. The predicted molar refractivity (Wildman–Crippen MR) is 58.5 cm³/mol. The van der Waals surface area contributed by atoms with E-state index in [4.69, 9.17) is 10.2 Å². The molecule has 3 heteroatoms. The molecule has 2 aromatic rings. The van der Waals surface area contributed by atoms with Crippen molar-refractivity contribution >= 4 is 11.1 Å². The van der Waals surface area contributed by atoms with Gasteiger partial charge in [-0.05, 0) is 30.5 Å². The topological polar surface area (TPSA) is 52.0 Å². The number of fused-ring (bicyclic) bond motifs is 1. The Balaban J connectivity index is 2.04. The van der Waals surface area contributed by atoms with Crippen LogP contribution >= 0.6 is 0 Å². The van der Waals surface area contributed by atoms with E-state index in [0.29, 0.717) is 12.5 Å². The van der Waals surface area contributed by atoms with Gasteiger partial charge in [0, 0.05) is 12.5 Å². The molecular formula is C12H14N2O. The molecule has 1 aliphatic carbocycles. The van der Waals surface area contributed by atoms with Crippen LogP contribution < -0.4 is 5.73 Å². The zero-order valence-electron chi connectivity index (χ0n) is 8.57. The summed E-state index contributed by atoms with van der Waals surface area (Å²) in [7, 11) is 0. The van der Waals surface area contributed by atoms with Gasteiger partial charge in [0.05, 0.1) is 0 Å². The Hall–Kier alpha value is -1.35. The highest BCUT2D eigenvalue weighted by atomic mass is 16.3. The predicted octanol–water partition coefficient (Wildman–Crippen LogP) is 2.55. The Labute approximate surface area is 88.3 Å². The summed E-state index contributed by atoms with van der Waals surface area (Å²) in [5.74, 6) is 1.46. The molecule has 1 aliphatic rings. The van der Waals surface area contributed by atoms with Crippen LogP contribution in [0.25, 0.3) is 11.1 Å². The second-order valence-corrected chi connectivity index (χ2v) is 4.19. The number of nitrogens with two attached hydrogens (primary N) is 1. The fourth-order valence-electron chi connectivity index (χ4n) is 1.95. The molecule has 78 valence electrons. The van der Waals surface area contributed by atoms with Crippen molar-refractivity contribution in [3.63, 3.8) is 0 Å². The van der Waals surface area contributed by atoms with E-state index in [1.165, 1.54) is 19.3 Å². The molecule has 0 atom stereocenters. The van der Waals surface area contributed by atoms with E-state index in [-0.39, 0.29) is 0 Å². The maximum atomic E-state index is 5.72. The van der Waals surface area contributed by atoms with Gasteiger partial charge >= 0.3 is 0 Å². The largest absolute Gasteiger partial charge is 0.440 e. The Kier molecular flexibility index (Phi) is 1.99. The lowest BCUT2D eigenvalue weighted by molar-refractivity contribution is 0.344. The molecule has 0 amide bonds. The maximum absolute atomic E-state index is 5.72. The number of aromatic nitrogens is 1. The highest BCUT2D eigenvalue weighted by Crippen LogP contribution is 2.37. The number of benzene rings is 1. The van der Waals surface area contributed by atoms with Crippen LogP contribution in [0.5, 0.6) is 0 Å². The van der Waals surface area contributed by atoms with Crippen molar-refractivity contribution in [2.45, 2.75) is 31.7 Å². The average molecular weight is 202 g/mol. The van der Waals surface area contributed by atoms with Crippen LogP contribution in [0.3, 0.4) is 0 Å². The number of oxazole rings is 1. The molecule has 0 spiro atoms. The normalized spacial score (nSPS) is 16.9. The zero-order chi connectivity index (χ0) is 10.3. The number of nitrogens with zero attached hydrogens (tertiary/aromatic N) is 1. The van der Waals surface area contributed by atoms with E-state index in [1.807, 2.05) is 18.2 Å². The van der Waals surface area contributed by atoms with E-state index in [1.54, 1.807) is 0 Å². The van der Waals surface area contributed by atoms with Gasteiger partial charge < -0.3 is 10.2 Å². The fraction of sp³-hybridized carbons (Fsp3) is 0.417. The van der Waals surface area contributed by atoms with Crippen LogP contribution in [0.1, 0.15) is 36.6 Å². The molecule has 1 aromatic heterocycles. The van der Waals surface area contributed by atoms with Gasteiger partial charge in [-0.15, -0.1) is 0 Å². The second-order valence-electron chi connectivity index (χ2n) is 4.19. The van der Waals surface area contributed by atoms with Crippen LogP contribution in [0, 0.1) is 0 Å². The molecule has 15 heavy (non-hydrogen) atoms. The van der Waals surface area contributed by atoms with Crippen molar-refractivity contribution in [2.24, 2.45) is 5.73 Å². The first-order valence-corrected chi connectivity index (χ1v) is 5.46. The van der Waals surface area contributed by atoms with Crippen molar-refractivity contribution in [3.05, 3.63) is 29.7 Å². The molecule has 1 saturated carbocycles. The van der Waals surface area contributed by atoms with Crippen molar-refractivity contribution < 1.29 is 4.42 Å². The standard InChI is InChI=1S/C12H14N2O/c13-7-8-4-5-11-10(6-8)14-12(15-11)9-2-1-3-9/h4-6,9H,1-3,7,13H2. The van der Waals surface area contributed by atoms with Crippen molar-refractivity contribution in [1.82, 2.24) is 4.98 Å². The van der Waals surface area contributed by atoms with Crippen LogP contribution in [0.15, 0.2) is 22.6 Å². The summed E-state index contributed by atoms with van der Waals surface area (Å²) in [6.45, 7) is 0.557. The lowest BCUT2D eigenvalue weighted by atomic mass is 9.85. The molecule has 3 nitrogen and oxygen atoms in total. The van der Waals surface area contributed by atoms with E-state index < -0.39 is 0 Å². The third kappa shape index (κ3) is 1.43. The van der Waals surface area contributed by atoms with Gasteiger partial charge in [-0.3, -0.25) is 0 Å². The number of hydrogen-bond donors (Lipinski definition) is 1. The van der Waals surface area contributed by atoms with Crippen LogP contribution in [-0.4, -0.2) is 4.98 Å². The Bertz CT molecular complexity index is 485. The number of hydrogen-bond acceptors (Lipinski definition) is 3. The van der Waals surface area contributed by atoms with Crippen molar-refractivity contribution in [3.8, 4) is 0 Å². The summed E-state index contributed by atoms with van der Waals surface area (Å²) in [5.41, 5.74) is 8.52. The number of rotatable bonds is 2. The van der Waals surface area contributed by atoms with Gasteiger partial charge in [0.2, 0.25) is 0 Å². The van der Waals surface area contributed by atoms with Crippen molar-refractivity contribution in [1.29, 1.82) is 0 Å². The lowest BCUT2D eigenvalue weighted by Gasteiger charge is -2.21. The SMILES string of the molecule is NCc1ccc2oc(C3CCC3)nc2c1. The summed E-state index contributed by atoms with van der Waals surface area (Å²) in [6.07, 6.45) is 3.74. The lowest BCUT2D eigenvalue weighted by Crippen LogP contribution is -2.08. The molecular weight excluding hydrogens is 188 g/mol. The minimum absolute atomic E-state index is 0.554. The monoisotopic (exact) mass is 202 g/mol. The first kappa shape index (κ1) is 8.92. The fourth-order valence-corrected chi connectivity index (χ4v) is 1.95. The molecule has 0 unspecified atom stereocenters. The third-order valence-corrected chi connectivity index (χ3v) is 3.16. The van der Waals surface area contributed by atoms with Gasteiger partial charge in [-0.25, -0.2) is 4.98 Å². The van der Waals surface area contributed by atoms with Gasteiger partial charge in [0.15, 0.2) is 11.5 Å². The summed E-state index contributed by atoms with van der Waals surface area (Å²) >= 11 is 0. The van der Waals surface area contributed by atoms with Gasteiger partial charge in [0.1, 0.15) is 5.52 Å². The van der Waals surface area contributed by atoms with Gasteiger partial charge in [-0.1, -0.05) is 12.5 Å². The first-order chi connectivity index (χ1) is 7.36. The molecule has 0 bridgehead atoms. The summed E-state index contributed by atoms with van der Waals surface area (Å²) in [5, 5.41) is 0. The van der Waals surface area contributed by atoms with Crippen LogP contribution in [0.2, 0.25) is 0 Å². The van der Waals surface area contributed by atoms with Gasteiger partial charge in [-0.2, -0.15) is 0 Å². The zero-order valence-corrected chi connectivity index (χ0v) is 8.57. The maximum Gasteiger partial charge on any atom is 0.198 e. The molecule has 0 saturated heterocycles. The van der Waals surface area contributed by atoms with E-state index >= 15 is 0 Å². The smallest absolute Gasteiger partial charge is 0.198 e. The highest BCUT2D eigenvalue weighted by molar-refractivity contribution is 5.73. The van der Waals surface area contributed by atoms with Crippen LogP contribution in [0.4, 0.5) is 0 Å². The molecule has 3 rings (SSSR count). The third-order valence-electron chi connectivity index (χ3n) is 3.16. The minimum atomic E-state index is 0.554. The highest BCUT2D eigenvalue weighted by Gasteiger charge is 2.24. The van der Waals surface area contributed by atoms with E-state index in [2.05, 4.69) is 4.98 Å². The van der Waals surface area contributed by atoms with Crippen LogP contribution in [-0.2, 0) is 6.54 Å². The minimum Gasteiger partial charge on any atom is -0.440 e. The Morgan fingerprint density at radius 2 is 2.27 bits per heavy atom. The Morgan fingerprint density at radius 1 is 1.40 bits per heavy atom. The summed E-state index contributed by atoms with van der Waals surface area (Å²) in [6, 6.07) is 5.98. The molecule has 2 N–H and O–H groups in total. The van der Waals surface area contributed by atoms with E-state index in [0.717, 1.165) is 22.6 Å². The Morgan fingerprint density at radius 3 is 2.93 bits per heavy atom. The second kappa shape index (κ2) is 3.35. The molecule has 1 fully saturated rings. The quantitative estimate of drug-likeness (QED) is 0.814. The average Bonchev–Trinajstić information content (AvgIpc) is 2.56. The summed E-state index contributed by atoms with van der Waals surface area (Å²) in [4.78, 5) is 4.52. The molecule has 1 heterocycles. The first-order valence-electron chi connectivity index (χ1n) is 5.46. The van der Waals surface area contributed by atoms with Crippen molar-refractivity contribution in [2.75, 3.05) is 0 Å². The summed E-state index contributed by atoms with van der Waals surface area (Å²) < 4.78 is 5.72. The molecule has 0 radical (unpaired) electrons. The van der Waals surface area contributed by atoms with E-state index in [9.17, 15) is 0 Å².